The van der Waals surface area contributed by atoms with Crippen LogP contribution in [-0.2, 0) is 12.0 Å². The topological polar surface area (TPSA) is 83.3 Å². The largest absolute Gasteiger partial charge is 0.448 e. The van der Waals surface area contributed by atoms with E-state index in [0.29, 0.717) is 24.2 Å². The number of nitrogens with zero attached hydrogens (tertiary/aromatic N) is 3. The molecule has 0 bridgehead atoms. The summed E-state index contributed by atoms with van der Waals surface area (Å²) >= 11 is 0. The predicted octanol–water partition coefficient (Wildman–Crippen LogP) is 4.46. The highest BCUT2D eigenvalue weighted by Crippen LogP contribution is 2.33. The molecule has 1 aliphatic rings. The molecule has 34 heavy (non-hydrogen) atoms. The van der Waals surface area contributed by atoms with Crippen LogP contribution in [0.3, 0.4) is 0 Å². The highest BCUT2D eigenvalue weighted by Gasteiger charge is 2.23. The average molecular weight is 462 g/mol. The third kappa shape index (κ3) is 5.30. The maximum absolute atomic E-state index is 12.6. The van der Waals surface area contributed by atoms with Crippen molar-refractivity contribution >= 4 is 11.6 Å². The molecule has 1 unspecified atom stereocenters. The summed E-state index contributed by atoms with van der Waals surface area (Å²) in [5.41, 5.74) is 5.78. The van der Waals surface area contributed by atoms with Crippen LogP contribution in [0.5, 0.6) is 0 Å². The third-order valence-corrected chi connectivity index (χ3v) is 6.44. The molecule has 1 saturated heterocycles. The van der Waals surface area contributed by atoms with Gasteiger partial charge < -0.3 is 20.0 Å². The van der Waals surface area contributed by atoms with Gasteiger partial charge in [0.2, 0.25) is 0 Å². The van der Waals surface area contributed by atoms with Gasteiger partial charge in [-0.15, -0.1) is 0 Å². The fourth-order valence-electron chi connectivity index (χ4n) is 4.36. The molecule has 2 aromatic heterocycles. The molecule has 7 nitrogen and oxygen atoms in total. The Balaban J connectivity index is 1.48. The molecule has 1 aliphatic heterocycles. The van der Waals surface area contributed by atoms with Gasteiger partial charge >= 0.3 is 0 Å². The number of carbonyl (C=O) groups excluding carboxylic acids is 1. The Kier molecular flexibility index (Phi) is 7.03. The van der Waals surface area contributed by atoms with Gasteiger partial charge in [-0.05, 0) is 49.6 Å². The summed E-state index contributed by atoms with van der Waals surface area (Å²) in [5, 5.41) is 6.38. The van der Waals surface area contributed by atoms with Gasteiger partial charge in [0.25, 0.3) is 5.91 Å². The molecule has 7 heteroatoms. The van der Waals surface area contributed by atoms with Gasteiger partial charge in [-0.25, -0.2) is 4.98 Å². The number of aryl methyl sites for hydroxylation is 1. The van der Waals surface area contributed by atoms with Gasteiger partial charge in [0, 0.05) is 42.9 Å². The summed E-state index contributed by atoms with van der Waals surface area (Å²) in [6.07, 6.45) is 7.62. The average Bonchev–Trinajstić information content (AvgIpc) is 3.34. The number of pyridine rings is 1. The molecule has 1 aromatic carbocycles. The molecule has 0 radical (unpaired) electrons. The van der Waals surface area contributed by atoms with Gasteiger partial charge in [0.15, 0.2) is 11.6 Å². The predicted molar refractivity (Wildman–Crippen MR) is 135 cm³/mol. The molecule has 4 rings (SSSR count). The first-order chi connectivity index (χ1) is 16.3. The van der Waals surface area contributed by atoms with Gasteiger partial charge in [-0.2, -0.15) is 0 Å². The van der Waals surface area contributed by atoms with Crippen LogP contribution in [0, 0.1) is 6.92 Å². The van der Waals surface area contributed by atoms with Crippen molar-refractivity contribution in [1.82, 2.24) is 20.6 Å². The van der Waals surface area contributed by atoms with Crippen molar-refractivity contribution in [2.24, 2.45) is 0 Å². The normalized spacial score (nSPS) is 16.5. The van der Waals surface area contributed by atoms with Crippen LogP contribution in [0.1, 0.15) is 61.1 Å². The maximum atomic E-state index is 12.6. The highest BCUT2D eigenvalue weighted by molar-refractivity contribution is 5.92. The van der Waals surface area contributed by atoms with E-state index in [-0.39, 0.29) is 11.3 Å². The van der Waals surface area contributed by atoms with Crippen molar-refractivity contribution in [3.8, 4) is 11.1 Å². The molecule has 3 heterocycles. The number of oxazole rings is 1. The van der Waals surface area contributed by atoms with Gasteiger partial charge in [-0.1, -0.05) is 39.0 Å². The summed E-state index contributed by atoms with van der Waals surface area (Å²) in [4.78, 5) is 23.8. The molecular weight excluding hydrogens is 426 g/mol. The first-order valence-electron chi connectivity index (χ1n) is 12.0. The fraction of sp³-hybridized carbons (Fsp3) is 0.444. The van der Waals surface area contributed by atoms with E-state index in [1.165, 1.54) is 30.4 Å². The molecule has 2 N–H and O–H groups in total. The summed E-state index contributed by atoms with van der Waals surface area (Å²) < 4.78 is 5.48. The van der Waals surface area contributed by atoms with E-state index in [4.69, 9.17) is 4.42 Å². The van der Waals surface area contributed by atoms with Crippen molar-refractivity contribution in [2.45, 2.75) is 58.5 Å². The van der Waals surface area contributed by atoms with Crippen LogP contribution in [0.15, 0.2) is 47.3 Å². The minimum atomic E-state index is -0.237. The summed E-state index contributed by atoms with van der Waals surface area (Å²) in [6, 6.07) is 8.99. The van der Waals surface area contributed by atoms with Crippen molar-refractivity contribution in [2.75, 3.05) is 25.0 Å². The number of piperidine rings is 1. The van der Waals surface area contributed by atoms with Crippen LogP contribution in [0.4, 0.5) is 5.69 Å². The van der Waals surface area contributed by atoms with Crippen LogP contribution in [0.25, 0.3) is 11.1 Å². The first-order valence-corrected chi connectivity index (χ1v) is 12.0. The minimum Gasteiger partial charge on any atom is -0.448 e. The zero-order chi connectivity index (χ0) is 24.3. The SMILES string of the molecule is CNC1CCCN(c2cnccc2-c2ccc(CNC(=O)c3coc(C(C)(C)C)n3)c(C)c2)C1. The second-order valence-corrected chi connectivity index (χ2v) is 10.1. The van der Waals surface area contributed by atoms with Gasteiger partial charge in [0.05, 0.1) is 11.9 Å². The molecule has 0 saturated carbocycles. The molecule has 3 aromatic rings. The summed E-state index contributed by atoms with van der Waals surface area (Å²) in [6.45, 7) is 10.5. The quantitative estimate of drug-likeness (QED) is 0.564. The summed E-state index contributed by atoms with van der Waals surface area (Å²) in [5.74, 6) is 0.324. The number of benzene rings is 1. The minimum absolute atomic E-state index is 0.233. The second-order valence-electron chi connectivity index (χ2n) is 10.1. The Morgan fingerprint density at radius 3 is 2.79 bits per heavy atom. The van der Waals surface area contributed by atoms with Crippen molar-refractivity contribution in [1.29, 1.82) is 0 Å². The first kappa shape index (κ1) is 24.0. The van der Waals surface area contributed by atoms with E-state index in [0.717, 1.165) is 29.8 Å². The zero-order valence-corrected chi connectivity index (χ0v) is 20.8. The lowest BCUT2D eigenvalue weighted by atomic mass is 9.97. The fourth-order valence-corrected chi connectivity index (χ4v) is 4.36. The third-order valence-electron chi connectivity index (χ3n) is 6.44. The number of aromatic nitrogens is 2. The van der Waals surface area contributed by atoms with E-state index in [9.17, 15) is 4.79 Å². The molecule has 1 fully saturated rings. The Bertz CT molecular complexity index is 1150. The lowest BCUT2D eigenvalue weighted by Crippen LogP contribution is -2.44. The monoisotopic (exact) mass is 461 g/mol. The van der Waals surface area contributed by atoms with Gasteiger partial charge in [-0.3, -0.25) is 9.78 Å². The van der Waals surface area contributed by atoms with E-state index >= 15 is 0 Å². The van der Waals surface area contributed by atoms with E-state index in [1.807, 2.05) is 40.2 Å². The van der Waals surface area contributed by atoms with Crippen molar-refractivity contribution in [3.05, 3.63) is 65.6 Å². The second kappa shape index (κ2) is 9.97. The number of likely N-dealkylation sites (N-methyl/N-ethyl adjacent to an activating group) is 1. The Labute approximate surface area is 202 Å². The van der Waals surface area contributed by atoms with Crippen LogP contribution >= 0.6 is 0 Å². The lowest BCUT2D eigenvalue weighted by Gasteiger charge is -2.35. The molecule has 0 aliphatic carbocycles. The van der Waals surface area contributed by atoms with Crippen LogP contribution in [0.2, 0.25) is 0 Å². The van der Waals surface area contributed by atoms with E-state index < -0.39 is 0 Å². The number of rotatable bonds is 6. The zero-order valence-electron chi connectivity index (χ0n) is 20.8. The Hall–Kier alpha value is -3.19. The smallest absolute Gasteiger partial charge is 0.273 e. The molecule has 180 valence electrons. The Morgan fingerprint density at radius 1 is 1.26 bits per heavy atom. The number of hydrogen-bond acceptors (Lipinski definition) is 6. The number of amides is 1. The standard InChI is InChI=1S/C27H35N5O2/c1-18-13-19(22-10-11-29-15-24(22)32-12-6-7-21(16-32)28-5)8-9-20(18)14-30-25(33)23-17-34-26(31-23)27(2,3)4/h8-11,13,15,17,21,28H,6-7,12,14,16H2,1-5H3,(H,30,33). The van der Waals surface area contributed by atoms with E-state index in [2.05, 4.69) is 56.7 Å². The number of nitrogens with one attached hydrogen (secondary N) is 2. The number of anilines is 1. The number of carbonyl (C=O) groups is 1. The molecular formula is C27H35N5O2. The van der Waals surface area contributed by atoms with Gasteiger partial charge in [0.1, 0.15) is 6.26 Å². The lowest BCUT2D eigenvalue weighted by molar-refractivity contribution is 0.0946. The molecule has 1 atom stereocenters. The maximum Gasteiger partial charge on any atom is 0.273 e. The van der Waals surface area contributed by atoms with Crippen LogP contribution in [-0.4, -0.2) is 42.1 Å². The molecule has 1 amide bonds. The molecule has 0 spiro atoms. The van der Waals surface area contributed by atoms with Crippen molar-refractivity contribution in [3.63, 3.8) is 0 Å². The van der Waals surface area contributed by atoms with Crippen molar-refractivity contribution < 1.29 is 9.21 Å². The Morgan fingerprint density at radius 2 is 2.09 bits per heavy atom. The van der Waals surface area contributed by atoms with E-state index in [1.54, 1.807) is 0 Å². The van der Waals surface area contributed by atoms with Crippen LogP contribution < -0.4 is 15.5 Å². The number of hydrogen-bond donors (Lipinski definition) is 2. The summed E-state index contributed by atoms with van der Waals surface area (Å²) in [7, 11) is 2.03. The highest BCUT2D eigenvalue weighted by atomic mass is 16.3.